The number of hydrogen-bond donors (Lipinski definition) is 1. The van der Waals surface area contributed by atoms with Gasteiger partial charge in [-0.2, -0.15) is 5.10 Å². The smallest absolute Gasteiger partial charge is 0.254 e. The number of nitrogens with one attached hydrogen (secondary N) is 1. The molecule has 2 atom stereocenters. The first kappa shape index (κ1) is 31.3. The lowest BCUT2D eigenvalue weighted by molar-refractivity contribution is 0.0838. The first-order valence-electron chi connectivity index (χ1n) is 17.1. The van der Waals surface area contributed by atoms with Crippen molar-refractivity contribution in [3.63, 3.8) is 0 Å². The van der Waals surface area contributed by atoms with E-state index in [2.05, 4.69) is 17.7 Å². The van der Waals surface area contributed by atoms with E-state index in [1.807, 2.05) is 119 Å². The number of likely N-dealkylation sites (tertiary alicyclic amines) is 2. The van der Waals surface area contributed by atoms with Crippen LogP contribution in [0.4, 0.5) is 0 Å². The van der Waals surface area contributed by atoms with Crippen LogP contribution in [0.15, 0.2) is 115 Å². The molecule has 4 bridgehead atoms. The van der Waals surface area contributed by atoms with Gasteiger partial charge in [0.05, 0.1) is 11.4 Å². The highest BCUT2D eigenvalue weighted by atomic mass is 16.2. The molecule has 1 unspecified atom stereocenters. The van der Waals surface area contributed by atoms with Crippen molar-refractivity contribution in [2.45, 2.75) is 36.8 Å². The van der Waals surface area contributed by atoms with E-state index in [0.717, 1.165) is 22.1 Å². The Labute approximate surface area is 293 Å². The summed E-state index contributed by atoms with van der Waals surface area (Å²) in [5, 5.41) is 7.89. The molecule has 0 spiro atoms. The van der Waals surface area contributed by atoms with E-state index in [0.29, 0.717) is 67.7 Å². The lowest BCUT2D eigenvalue weighted by atomic mass is 9.82. The largest absolute Gasteiger partial charge is 0.288 e. The maximum absolute atomic E-state index is 14.2. The lowest BCUT2D eigenvalue weighted by Gasteiger charge is -2.39. The van der Waals surface area contributed by atoms with E-state index < -0.39 is 11.1 Å². The average molecular weight is 673 g/mol. The average Bonchev–Trinajstić information content (AvgIpc) is 4.04. The Bertz CT molecular complexity index is 2100. The van der Waals surface area contributed by atoms with Crippen LogP contribution >= 0.6 is 0 Å². The van der Waals surface area contributed by atoms with Crippen LogP contribution in [0.25, 0.3) is 22.1 Å². The molecular formula is C41H32N6O4. The summed E-state index contributed by atoms with van der Waals surface area (Å²) >= 11 is 0. The Balaban J connectivity index is 1.19. The number of rotatable bonds is 10. The van der Waals surface area contributed by atoms with Gasteiger partial charge in [-0.1, -0.05) is 60.7 Å². The second-order valence-corrected chi connectivity index (χ2v) is 13.2. The number of carbonyl (C=O) groups excluding carboxylic acids is 4. The Kier molecular flexibility index (Phi) is 7.34. The summed E-state index contributed by atoms with van der Waals surface area (Å²) in [6.07, 6.45) is 6.92. The van der Waals surface area contributed by atoms with Crippen molar-refractivity contribution >= 4 is 46.5 Å². The molecule has 5 aromatic heterocycles. The van der Waals surface area contributed by atoms with Crippen molar-refractivity contribution in [2.75, 3.05) is 13.1 Å². The van der Waals surface area contributed by atoms with Crippen molar-refractivity contribution in [2.24, 2.45) is 0 Å². The van der Waals surface area contributed by atoms with E-state index in [9.17, 15) is 19.2 Å². The molecule has 0 saturated carbocycles. The van der Waals surface area contributed by atoms with Crippen LogP contribution in [0.3, 0.4) is 0 Å². The number of H-pyrrole nitrogens is 1. The van der Waals surface area contributed by atoms with E-state index in [1.54, 1.807) is 15.2 Å². The number of hydrogen-bond acceptors (Lipinski definition) is 7. The van der Waals surface area contributed by atoms with Gasteiger partial charge in [0, 0.05) is 35.2 Å². The Hall–Kier alpha value is -5.71. The van der Waals surface area contributed by atoms with Gasteiger partial charge in [-0.05, 0) is 91.4 Å². The Morgan fingerprint density at radius 3 is 1.43 bits per heavy atom. The molecule has 10 heteroatoms. The van der Waals surface area contributed by atoms with Crippen LogP contribution < -0.4 is 0 Å². The summed E-state index contributed by atoms with van der Waals surface area (Å²) in [4.78, 5) is 59.5. The number of carbonyl (C=O) groups is 2. The molecular weight excluding hydrogens is 640 g/mol. The SMILES string of the molecule is O=[C]C(c1ccccc1)(c1cc([C@@]([C]=O)(c2ccccc2)N2CCC[C]2C(=O)n2c3ccc2cc3)n[nH]1)N1CCC[C]1C(=O)n1c2ccc1cc2. The summed E-state index contributed by atoms with van der Waals surface area (Å²) in [6, 6.07) is 36.3. The van der Waals surface area contributed by atoms with Crippen LogP contribution in [0, 0.1) is 12.1 Å². The fourth-order valence-electron chi connectivity index (χ4n) is 8.35. The summed E-state index contributed by atoms with van der Waals surface area (Å²) in [7, 11) is 0. The summed E-state index contributed by atoms with van der Waals surface area (Å²) < 4.78 is 3.34. The third kappa shape index (κ3) is 4.46. The fraction of sp³-hybridized carbons (Fsp3) is 0.195. The van der Waals surface area contributed by atoms with Gasteiger partial charge in [-0.3, -0.25) is 43.2 Å². The monoisotopic (exact) mass is 672 g/mol. The molecule has 1 N–H and O–H groups in total. The molecule has 10 nitrogen and oxygen atoms in total. The summed E-state index contributed by atoms with van der Waals surface area (Å²) in [5.41, 5.74) is 1.66. The molecule has 0 aliphatic carbocycles. The van der Waals surface area contributed by atoms with Gasteiger partial charge >= 0.3 is 0 Å². The van der Waals surface area contributed by atoms with Crippen LogP contribution in [-0.2, 0) is 20.7 Å². The predicted molar refractivity (Wildman–Crippen MR) is 190 cm³/mol. The van der Waals surface area contributed by atoms with Crippen LogP contribution in [0.2, 0.25) is 0 Å². The van der Waals surface area contributed by atoms with Crippen molar-refractivity contribution in [3.05, 3.63) is 150 Å². The molecule has 2 aliphatic rings. The van der Waals surface area contributed by atoms with Crippen molar-refractivity contribution in [3.8, 4) is 0 Å². The molecule has 4 radical (unpaired) electrons. The van der Waals surface area contributed by atoms with Gasteiger partial charge < -0.3 is 0 Å². The minimum Gasteiger partial charge on any atom is -0.288 e. The third-order valence-corrected chi connectivity index (χ3v) is 10.7. The summed E-state index contributed by atoms with van der Waals surface area (Å²) in [5.74, 6) is -0.405. The molecule has 9 rings (SSSR count). The van der Waals surface area contributed by atoms with Crippen molar-refractivity contribution in [1.82, 2.24) is 29.1 Å². The number of nitrogens with zero attached hydrogens (tertiary/aromatic N) is 5. The minimum absolute atomic E-state index is 0.201. The second kappa shape index (κ2) is 12.0. The molecule has 2 saturated heterocycles. The predicted octanol–water partition coefficient (Wildman–Crippen LogP) is 5.84. The standard InChI is InChI=1S/C41H32N6O4/c48-26-40(28-9-3-1-4-10-28,44-23-7-13-34(44)38(50)46-30-15-16-31(46)18-17-30)36-25-37(43-42-36)41(27-49,29-11-5-2-6-12-29)45-24-8-14-35(45)39(51)47-32-19-20-33(47)22-21-32/h1-6,9-12,15-22,25H,7-8,13-14,23-24H2,(H,42,43)/t40-,41?/m1/s1. The van der Waals surface area contributed by atoms with Crippen molar-refractivity contribution < 1.29 is 19.2 Å². The Morgan fingerprint density at radius 2 is 1.00 bits per heavy atom. The molecule has 7 heterocycles. The first-order valence-corrected chi connectivity index (χ1v) is 17.1. The topological polar surface area (TPSA) is 113 Å². The van der Waals surface area contributed by atoms with Gasteiger partial charge in [-0.15, -0.1) is 0 Å². The minimum atomic E-state index is -1.63. The number of aromatic nitrogens is 4. The molecule has 250 valence electrons. The first-order chi connectivity index (χ1) is 25.0. The van der Waals surface area contributed by atoms with Gasteiger partial charge in [0.2, 0.25) is 12.6 Å². The van der Waals surface area contributed by atoms with Crippen LogP contribution in [0.5, 0.6) is 0 Å². The van der Waals surface area contributed by atoms with Crippen molar-refractivity contribution in [1.29, 1.82) is 0 Å². The zero-order valence-corrected chi connectivity index (χ0v) is 27.6. The van der Waals surface area contributed by atoms with Gasteiger partial charge in [0.25, 0.3) is 11.8 Å². The molecule has 7 aromatic rings. The second-order valence-electron chi connectivity index (χ2n) is 13.2. The molecule has 2 aliphatic heterocycles. The highest BCUT2D eigenvalue weighted by Crippen LogP contribution is 2.46. The lowest BCUT2D eigenvalue weighted by Crippen LogP contribution is -2.51. The maximum atomic E-state index is 14.2. The number of fused-ring (bicyclic) bond motifs is 4. The Morgan fingerprint density at radius 1 is 0.588 bits per heavy atom. The quantitative estimate of drug-likeness (QED) is 0.194. The van der Waals surface area contributed by atoms with Crippen LogP contribution in [0.1, 0.15) is 57.8 Å². The maximum Gasteiger partial charge on any atom is 0.254 e. The van der Waals surface area contributed by atoms with Crippen LogP contribution in [-0.4, -0.2) is 66.6 Å². The number of aromatic amines is 1. The zero-order valence-electron chi connectivity index (χ0n) is 27.6. The molecule has 2 aromatic carbocycles. The highest BCUT2D eigenvalue weighted by Gasteiger charge is 2.54. The molecule has 51 heavy (non-hydrogen) atoms. The molecule has 0 amide bonds. The number of benzene rings is 4. The normalized spacial score (nSPS) is 18.8. The summed E-state index contributed by atoms with van der Waals surface area (Å²) in [6.45, 7) is 0.821. The highest BCUT2D eigenvalue weighted by molar-refractivity contribution is 6.02. The van der Waals surface area contributed by atoms with E-state index in [-0.39, 0.29) is 17.5 Å². The fourth-order valence-corrected chi connectivity index (χ4v) is 8.35. The van der Waals surface area contributed by atoms with E-state index >= 15 is 0 Å². The van der Waals surface area contributed by atoms with E-state index in [4.69, 9.17) is 5.10 Å². The third-order valence-electron chi connectivity index (χ3n) is 10.7. The van der Waals surface area contributed by atoms with Gasteiger partial charge in [-0.25, -0.2) is 0 Å². The van der Waals surface area contributed by atoms with Gasteiger partial charge in [0.15, 0.2) is 11.1 Å². The zero-order chi connectivity index (χ0) is 34.7. The van der Waals surface area contributed by atoms with Gasteiger partial charge in [0.1, 0.15) is 12.1 Å². The van der Waals surface area contributed by atoms with E-state index in [1.165, 1.54) is 0 Å². The molecule has 2 fully saturated rings.